The van der Waals surface area contributed by atoms with Crippen LogP contribution in [0.5, 0.6) is 0 Å². The quantitative estimate of drug-likeness (QED) is 0.247. The van der Waals surface area contributed by atoms with Gasteiger partial charge in [-0.25, -0.2) is 18.7 Å². The number of H-pyrrole nitrogens is 1. The van der Waals surface area contributed by atoms with Gasteiger partial charge in [-0.15, -0.1) is 0 Å². The molecule has 0 aliphatic carbocycles. The Bertz CT molecular complexity index is 1710. The Morgan fingerprint density at radius 1 is 1.20 bits per heavy atom. The molecule has 5 rings (SSSR count). The lowest BCUT2D eigenvalue weighted by Crippen LogP contribution is -2.34. The zero-order chi connectivity index (χ0) is 29.5. The zero-order valence-electron chi connectivity index (χ0n) is 21.5. The van der Waals surface area contributed by atoms with Gasteiger partial charge in [-0.05, 0) is 31.1 Å². The summed E-state index contributed by atoms with van der Waals surface area (Å²) in [6.45, 7) is 5.94. The van der Waals surface area contributed by atoms with E-state index >= 15 is 0 Å². The van der Waals surface area contributed by atoms with Crippen molar-refractivity contribution in [3.63, 3.8) is 0 Å². The van der Waals surface area contributed by atoms with E-state index in [9.17, 15) is 31.5 Å². The Kier molecular flexibility index (Phi) is 7.15. The van der Waals surface area contributed by atoms with Crippen molar-refractivity contribution >= 4 is 34.2 Å². The Balaban J connectivity index is 1.40. The van der Waals surface area contributed by atoms with Crippen LogP contribution in [0.1, 0.15) is 30.5 Å². The van der Waals surface area contributed by atoms with Crippen molar-refractivity contribution in [2.75, 3.05) is 18.4 Å². The van der Waals surface area contributed by atoms with Crippen LogP contribution >= 0.6 is 0 Å². The maximum atomic E-state index is 13.9. The van der Waals surface area contributed by atoms with Crippen LogP contribution in [0, 0.1) is 11.6 Å². The third-order valence-electron chi connectivity index (χ3n) is 6.69. The lowest BCUT2D eigenvalue weighted by Gasteiger charge is -2.26. The van der Waals surface area contributed by atoms with Crippen molar-refractivity contribution in [1.82, 2.24) is 29.6 Å². The second kappa shape index (κ2) is 10.6. The first-order valence-electron chi connectivity index (χ1n) is 12.3. The van der Waals surface area contributed by atoms with Crippen molar-refractivity contribution < 1.29 is 31.5 Å². The van der Waals surface area contributed by atoms with Crippen LogP contribution in [0.15, 0.2) is 55.7 Å². The summed E-state index contributed by atoms with van der Waals surface area (Å²) < 4.78 is 70.4. The molecule has 212 valence electrons. The Morgan fingerprint density at radius 3 is 2.68 bits per heavy atom. The van der Waals surface area contributed by atoms with Gasteiger partial charge in [0.15, 0.2) is 11.6 Å². The number of halogens is 5. The molecule has 1 aliphatic rings. The summed E-state index contributed by atoms with van der Waals surface area (Å²) in [6, 6.07) is 0.671. The number of benzene rings is 1. The van der Waals surface area contributed by atoms with Crippen LogP contribution < -0.4 is 5.32 Å². The molecule has 1 atom stereocenters. The molecule has 14 heteroatoms. The molecule has 41 heavy (non-hydrogen) atoms. The first-order chi connectivity index (χ1) is 19.5. The maximum Gasteiger partial charge on any atom is 0.419 e. The molecule has 1 aromatic carbocycles. The third-order valence-corrected chi connectivity index (χ3v) is 6.69. The predicted molar refractivity (Wildman–Crippen MR) is 139 cm³/mol. The van der Waals surface area contributed by atoms with Gasteiger partial charge in [0.25, 0.3) is 5.91 Å². The molecule has 0 radical (unpaired) electrons. The van der Waals surface area contributed by atoms with E-state index in [-0.39, 0.29) is 22.4 Å². The van der Waals surface area contributed by atoms with Crippen LogP contribution in [-0.2, 0) is 15.8 Å². The normalized spacial score (nSPS) is 14.6. The second-order valence-electron chi connectivity index (χ2n) is 9.32. The summed E-state index contributed by atoms with van der Waals surface area (Å²) >= 11 is 0. The minimum absolute atomic E-state index is 0.0341. The lowest BCUT2D eigenvalue weighted by molar-refractivity contribution is -0.137. The van der Waals surface area contributed by atoms with Gasteiger partial charge >= 0.3 is 6.18 Å². The van der Waals surface area contributed by atoms with E-state index < -0.39 is 47.0 Å². The average Bonchev–Trinajstić information content (AvgIpc) is 3.59. The standard InChI is InChI=1S/C27H22F5N7O2/c1-3-23(40)38-6-4-5-15(12-38)16-9-35-39(13-16)14(2)25(41)37-26-34-11-19(27(30,31)32)24(36-26)18-10-33-22-8-21(29)20(28)7-17(18)22/h3,5,7-11,13-14,33H,1,4,6,12H2,2H3,(H,34,36,37,41). The van der Waals surface area contributed by atoms with Gasteiger partial charge in [0.05, 0.1) is 11.9 Å². The molecule has 4 aromatic rings. The molecular weight excluding hydrogens is 549 g/mol. The van der Waals surface area contributed by atoms with Crippen LogP contribution in [0.25, 0.3) is 27.7 Å². The highest BCUT2D eigenvalue weighted by Crippen LogP contribution is 2.39. The Morgan fingerprint density at radius 2 is 1.95 bits per heavy atom. The first-order valence-corrected chi connectivity index (χ1v) is 12.3. The van der Waals surface area contributed by atoms with E-state index in [2.05, 4.69) is 31.9 Å². The number of rotatable bonds is 6. The van der Waals surface area contributed by atoms with Crippen LogP contribution in [0.2, 0.25) is 0 Å². The van der Waals surface area contributed by atoms with Crippen LogP contribution in [-0.4, -0.2) is 54.5 Å². The number of carbonyl (C=O) groups is 2. The molecule has 1 aliphatic heterocycles. The van der Waals surface area contributed by atoms with Crippen LogP contribution in [0.3, 0.4) is 0 Å². The number of aromatic amines is 1. The molecular formula is C27H22F5N7O2. The second-order valence-corrected chi connectivity index (χ2v) is 9.32. The van der Waals surface area contributed by atoms with Gasteiger partial charge in [-0.2, -0.15) is 18.3 Å². The van der Waals surface area contributed by atoms with Gasteiger partial charge in [-0.1, -0.05) is 12.7 Å². The van der Waals surface area contributed by atoms with Gasteiger partial charge in [0, 0.05) is 59.8 Å². The summed E-state index contributed by atoms with van der Waals surface area (Å²) in [5.41, 5.74) is -0.408. The lowest BCUT2D eigenvalue weighted by atomic mass is 10.0. The number of fused-ring (bicyclic) bond motifs is 1. The fourth-order valence-corrected chi connectivity index (χ4v) is 4.49. The number of amides is 2. The van der Waals surface area contributed by atoms with E-state index in [1.165, 1.54) is 17.7 Å². The van der Waals surface area contributed by atoms with Crippen molar-refractivity contribution in [3.8, 4) is 11.3 Å². The number of anilines is 1. The van der Waals surface area contributed by atoms with E-state index in [1.54, 1.807) is 17.3 Å². The SMILES string of the molecule is C=CC(=O)N1CCC=C(c2cnn(C(C)C(=O)Nc3ncc(C(F)(F)F)c(-c4c[nH]c5cc(F)c(F)cc45)n3)c2)C1. The Labute approximate surface area is 229 Å². The maximum absolute atomic E-state index is 13.9. The average molecular weight is 572 g/mol. The van der Waals surface area contributed by atoms with Crippen molar-refractivity contribution in [3.05, 3.63) is 78.4 Å². The highest BCUT2D eigenvalue weighted by molar-refractivity contribution is 5.96. The molecule has 1 unspecified atom stereocenters. The first kappa shape index (κ1) is 27.7. The molecule has 0 fully saturated rings. The molecule has 0 spiro atoms. The van der Waals surface area contributed by atoms with E-state index in [0.29, 0.717) is 31.3 Å². The molecule has 0 saturated carbocycles. The summed E-state index contributed by atoms with van der Waals surface area (Å²) in [5.74, 6) is -3.71. The van der Waals surface area contributed by atoms with Crippen molar-refractivity contribution in [1.29, 1.82) is 0 Å². The number of alkyl halides is 3. The molecule has 9 nitrogen and oxygen atoms in total. The van der Waals surface area contributed by atoms with Crippen LogP contribution in [0.4, 0.5) is 27.9 Å². The van der Waals surface area contributed by atoms with Gasteiger partial charge < -0.3 is 9.88 Å². The van der Waals surface area contributed by atoms with E-state index in [4.69, 9.17) is 0 Å². The number of hydrogen-bond donors (Lipinski definition) is 2. The molecule has 2 N–H and O–H groups in total. The van der Waals surface area contributed by atoms with E-state index in [0.717, 1.165) is 23.9 Å². The highest BCUT2D eigenvalue weighted by atomic mass is 19.4. The van der Waals surface area contributed by atoms with Gasteiger partial charge in [0.2, 0.25) is 11.9 Å². The van der Waals surface area contributed by atoms with Gasteiger partial charge in [0.1, 0.15) is 11.6 Å². The number of nitrogens with zero attached hydrogens (tertiary/aromatic N) is 5. The zero-order valence-corrected chi connectivity index (χ0v) is 21.5. The molecule has 3 aromatic heterocycles. The molecule has 0 saturated heterocycles. The largest absolute Gasteiger partial charge is 0.419 e. The number of carbonyl (C=O) groups excluding carboxylic acids is 2. The summed E-state index contributed by atoms with van der Waals surface area (Å²) in [4.78, 5) is 36.8. The fraction of sp³-hybridized carbons (Fsp3) is 0.222. The minimum Gasteiger partial charge on any atom is -0.360 e. The molecule has 4 heterocycles. The third kappa shape index (κ3) is 5.44. The molecule has 2 amide bonds. The summed E-state index contributed by atoms with van der Waals surface area (Å²) in [7, 11) is 0. The minimum atomic E-state index is -4.88. The highest BCUT2D eigenvalue weighted by Gasteiger charge is 2.36. The summed E-state index contributed by atoms with van der Waals surface area (Å²) in [5, 5.41) is 6.59. The number of hydrogen-bond acceptors (Lipinski definition) is 5. The molecule has 0 bridgehead atoms. The smallest absolute Gasteiger partial charge is 0.360 e. The van der Waals surface area contributed by atoms with E-state index in [1.807, 2.05) is 6.08 Å². The topological polar surface area (TPSA) is 109 Å². The number of nitrogens with one attached hydrogen (secondary N) is 2. The van der Waals surface area contributed by atoms with Crippen molar-refractivity contribution in [2.24, 2.45) is 0 Å². The van der Waals surface area contributed by atoms with Gasteiger partial charge in [-0.3, -0.25) is 19.6 Å². The monoisotopic (exact) mass is 571 g/mol. The fourth-order valence-electron chi connectivity index (χ4n) is 4.49. The van der Waals surface area contributed by atoms with Crippen molar-refractivity contribution in [2.45, 2.75) is 25.6 Å². The Hall–Kier alpha value is -4.88. The number of aromatic nitrogens is 5. The predicted octanol–water partition coefficient (Wildman–Crippen LogP) is 5.12. The summed E-state index contributed by atoms with van der Waals surface area (Å²) in [6.07, 6.45) is 3.80.